The molecule has 0 fully saturated rings. The van der Waals surface area contributed by atoms with E-state index in [1.807, 2.05) is 25.1 Å². The van der Waals surface area contributed by atoms with E-state index in [4.69, 9.17) is 10.5 Å². The Kier molecular flexibility index (Phi) is 6.48. The summed E-state index contributed by atoms with van der Waals surface area (Å²) in [5, 5.41) is 0. The minimum atomic E-state index is 0. The number of benzene rings is 1. The van der Waals surface area contributed by atoms with Gasteiger partial charge in [0.25, 0.3) is 0 Å². The summed E-state index contributed by atoms with van der Waals surface area (Å²) in [5.41, 5.74) is 7.03. The van der Waals surface area contributed by atoms with Crippen LogP contribution in [0.4, 0.5) is 0 Å². The van der Waals surface area contributed by atoms with Crippen molar-refractivity contribution in [2.75, 3.05) is 7.11 Å². The third-order valence-electron chi connectivity index (χ3n) is 1.87. The Hall–Kier alpha value is -0.000000000000000167. The lowest BCUT2D eigenvalue weighted by Crippen LogP contribution is -2.20. The first-order valence-corrected chi connectivity index (χ1v) is 5.43. The average molecular weight is 328 g/mol. The minimum Gasteiger partial charge on any atom is -0.497 e. The molecule has 0 bridgehead atoms. The number of hydrogen-bond donors (Lipinski definition) is 1. The standard InChI is InChI=1S/C10H14INO.ClH/c1-7(12)10(11)8-4-3-5-9(6-8)13-2;/h3-7,10H,12H2,1-2H3;1H. The fourth-order valence-electron chi connectivity index (χ4n) is 1.12. The molecule has 0 aliphatic rings. The van der Waals surface area contributed by atoms with E-state index < -0.39 is 0 Å². The molecule has 0 saturated carbocycles. The van der Waals surface area contributed by atoms with Gasteiger partial charge in [0.1, 0.15) is 5.75 Å². The number of halogens is 2. The van der Waals surface area contributed by atoms with E-state index in [2.05, 4.69) is 28.7 Å². The highest BCUT2D eigenvalue weighted by Gasteiger charge is 2.11. The van der Waals surface area contributed by atoms with E-state index in [-0.39, 0.29) is 18.4 Å². The zero-order chi connectivity index (χ0) is 9.84. The topological polar surface area (TPSA) is 35.2 Å². The molecule has 1 rings (SSSR count). The first-order chi connectivity index (χ1) is 6.15. The van der Waals surface area contributed by atoms with E-state index in [9.17, 15) is 0 Å². The van der Waals surface area contributed by atoms with Crippen LogP contribution < -0.4 is 10.5 Å². The predicted molar refractivity (Wildman–Crippen MR) is 70.7 cm³/mol. The van der Waals surface area contributed by atoms with Crippen molar-refractivity contribution in [3.63, 3.8) is 0 Å². The first-order valence-electron chi connectivity index (χ1n) is 4.18. The van der Waals surface area contributed by atoms with Crippen molar-refractivity contribution in [3.05, 3.63) is 29.8 Å². The lowest BCUT2D eigenvalue weighted by atomic mass is 10.1. The number of methoxy groups -OCH3 is 1. The molecule has 2 atom stereocenters. The molecule has 2 N–H and O–H groups in total. The number of alkyl halides is 1. The van der Waals surface area contributed by atoms with Crippen LogP contribution in [0.15, 0.2) is 24.3 Å². The van der Waals surface area contributed by atoms with E-state index in [1.165, 1.54) is 5.56 Å². The Labute approximate surface area is 105 Å². The molecule has 80 valence electrons. The lowest BCUT2D eigenvalue weighted by molar-refractivity contribution is 0.414. The summed E-state index contributed by atoms with van der Waals surface area (Å²) >= 11 is 2.35. The molecule has 2 nitrogen and oxygen atoms in total. The van der Waals surface area contributed by atoms with Crippen LogP contribution in [0.25, 0.3) is 0 Å². The Morgan fingerprint density at radius 3 is 2.57 bits per heavy atom. The van der Waals surface area contributed by atoms with Crippen LogP contribution in [-0.2, 0) is 0 Å². The molecule has 1 aromatic rings. The van der Waals surface area contributed by atoms with Gasteiger partial charge < -0.3 is 10.5 Å². The van der Waals surface area contributed by atoms with Crippen molar-refractivity contribution in [1.82, 2.24) is 0 Å². The maximum Gasteiger partial charge on any atom is 0.119 e. The molecule has 2 unspecified atom stereocenters. The molecule has 0 aromatic heterocycles. The highest BCUT2D eigenvalue weighted by Crippen LogP contribution is 2.28. The van der Waals surface area contributed by atoms with Gasteiger partial charge in [0.15, 0.2) is 0 Å². The fraction of sp³-hybridized carbons (Fsp3) is 0.400. The van der Waals surface area contributed by atoms with Gasteiger partial charge in [-0.05, 0) is 24.6 Å². The molecule has 4 heteroatoms. The highest BCUT2D eigenvalue weighted by molar-refractivity contribution is 14.1. The summed E-state index contributed by atoms with van der Waals surface area (Å²) in [6, 6.07) is 8.19. The van der Waals surface area contributed by atoms with Crippen LogP contribution in [0.3, 0.4) is 0 Å². The summed E-state index contributed by atoms with van der Waals surface area (Å²) in [5.74, 6) is 0.889. The normalized spacial score (nSPS) is 14.0. The molecule has 0 aliphatic heterocycles. The van der Waals surface area contributed by atoms with Crippen molar-refractivity contribution in [2.45, 2.75) is 16.9 Å². The van der Waals surface area contributed by atoms with E-state index in [0.29, 0.717) is 3.92 Å². The van der Waals surface area contributed by atoms with Crippen LogP contribution >= 0.6 is 35.0 Å². The lowest BCUT2D eigenvalue weighted by Gasteiger charge is -2.14. The number of ether oxygens (including phenoxy) is 1. The van der Waals surface area contributed by atoms with Crippen LogP contribution in [0.1, 0.15) is 16.4 Å². The summed E-state index contributed by atoms with van der Waals surface area (Å²) in [4.78, 5) is 0. The largest absolute Gasteiger partial charge is 0.497 e. The maximum absolute atomic E-state index is 5.81. The SMILES string of the molecule is COc1cccc(C(I)C(C)N)c1.Cl. The molecule has 0 aliphatic carbocycles. The highest BCUT2D eigenvalue weighted by atomic mass is 127. The summed E-state index contributed by atoms with van der Waals surface area (Å²) in [7, 11) is 1.67. The zero-order valence-corrected chi connectivity index (χ0v) is 11.2. The zero-order valence-electron chi connectivity index (χ0n) is 8.24. The molecule has 0 heterocycles. The van der Waals surface area contributed by atoms with Gasteiger partial charge in [0.05, 0.1) is 11.0 Å². The predicted octanol–water partition coefficient (Wildman–Crippen LogP) is 2.94. The molecule has 0 radical (unpaired) electrons. The van der Waals surface area contributed by atoms with Crippen molar-refractivity contribution in [2.24, 2.45) is 5.73 Å². The summed E-state index contributed by atoms with van der Waals surface area (Å²) in [6.45, 7) is 2.01. The molecular weight excluding hydrogens is 312 g/mol. The van der Waals surface area contributed by atoms with Crippen LogP contribution in [0.2, 0.25) is 0 Å². The quantitative estimate of drug-likeness (QED) is 0.684. The smallest absolute Gasteiger partial charge is 0.119 e. The molecule has 14 heavy (non-hydrogen) atoms. The molecule has 0 spiro atoms. The Morgan fingerprint density at radius 2 is 2.07 bits per heavy atom. The Balaban J connectivity index is 0.00000169. The van der Waals surface area contributed by atoms with Gasteiger partial charge in [-0.1, -0.05) is 34.7 Å². The van der Waals surface area contributed by atoms with Crippen molar-refractivity contribution in [1.29, 1.82) is 0 Å². The number of rotatable bonds is 3. The van der Waals surface area contributed by atoms with Crippen molar-refractivity contribution < 1.29 is 4.74 Å². The van der Waals surface area contributed by atoms with Gasteiger partial charge in [-0.2, -0.15) is 0 Å². The summed E-state index contributed by atoms with van der Waals surface area (Å²) < 4.78 is 5.48. The first kappa shape index (κ1) is 14.0. The van der Waals surface area contributed by atoms with Crippen molar-refractivity contribution in [3.8, 4) is 5.75 Å². The second kappa shape index (κ2) is 6.48. The van der Waals surface area contributed by atoms with Gasteiger partial charge in [-0.25, -0.2) is 0 Å². The van der Waals surface area contributed by atoms with Crippen LogP contribution in [0.5, 0.6) is 5.75 Å². The van der Waals surface area contributed by atoms with Gasteiger partial charge >= 0.3 is 0 Å². The van der Waals surface area contributed by atoms with Crippen LogP contribution in [-0.4, -0.2) is 13.2 Å². The minimum absolute atomic E-state index is 0. The van der Waals surface area contributed by atoms with Gasteiger partial charge in [0.2, 0.25) is 0 Å². The summed E-state index contributed by atoms with van der Waals surface area (Å²) in [6.07, 6.45) is 0. The number of hydrogen-bond acceptors (Lipinski definition) is 2. The average Bonchev–Trinajstić information content (AvgIpc) is 2.16. The Morgan fingerprint density at radius 1 is 1.43 bits per heavy atom. The molecule has 0 saturated heterocycles. The van der Waals surface area contributed by atoms with Crippen LogP contribution in [0, 0.1) is 0 Å². The third kappa shape index (κ3) is 3.63. The second-order valence-corrected chi connectivity index (χ2v) is 4.38. The van der Waals surface area contributed by atoms with Gasteiger partial charge in [-0.15, -0.1) is 12.4 Å². The molecule has 1 aromatic carbocycles. The van der Waals surface area contributed by atoms with Crippen molar-refractivity contribution >= 4 is 35.0 Å². The third-order valence-corrected chi connectivity index (χ3v) is 3.73. The molecular formula is C10H15ClINO. The van der Waals surface area contributed by atoms with E-state index >= 15 is 0 Å². The fourth-order valence-corrected chi connectivity index (χ4v) is 1.50. The monoisotopic (exact) mass is 327 g/mol. The maximum atomic E-state index is 5.81. The van der Waals surface area contributed by atoms with E-state index in [0.717, 1.165) is 5.75 Å². The molecule has 0 amide bonds. The van der Waals surface area contributed by atoms with E-state index in [1.54, 1.807) is 7.11 Å². The second-order valence-electron chi connectivity index (χ2n) is 3.04. The number of nitrogens with two attached hydrogens (primary N) is 1. The Bertz CT molecular complexity index is 281. The van der Waals surface area contributed by atoms with Gasteiger partial charge in [-0.3, -0.25) is 0 Å². The van der Waals surface area contributed by atoms with Gasteiger partial charge in [0, 0.05) is 6.04 Å².